The SMILES string of the molecule is O=S(=O)(Cc1cccc(Cl)c1)Nc1ccc2[nH]c(O)c(-c3cc(Cl)c4ccccc4n3)c2c1. The quantitative estimate of drug-likeness (QED) is 0.264. The summed E-state index contributed by atoms with van der Waals surface area (Å²) in [5, 5.41) is 13.0. The van der Waals surface area contributed by atoms with Crippen molar-refractivity contribution in [2.24, 2.45) is 0 Å². The van der Waals surface area contributed by atoms with Crippen molar-refractivity contribution in [1.82, 2.24) is 9.97 Å². The van der Waals surface area contributed by atoms with Crippen molar-refractivity contribution in [2.75, 3.05) is 4.72 Å². The number of nitrogens with zero attached hydrogens (tertiary/aromatic N) is 1. The third-order valence-corrected chi connectivity index (χ3v) is 7.03. The van der Waals surface area contributed by atoms with Crippen LogP contribution in [0, 0.1) is 0 Å². The first kappa shape index (κ1) is 21.6. The number of aromatic hydroxyl groups is 1. The third-order valence-electron chi connectivity index (χ3n) is 5.22. The Morgan fingerprint density at radius 1 is 0.939 bits per heavy atom. The fourth-order valence-electron chi connectivity index (χ4n) is 3.82. The second-order valence-corrected chi connectivity index (χ2v) is 10.2. The summed E-state index contributed by atoms with van der Waals surface area (Å²) in [6.45, 7) is 0. The van der Waals surface area contributed by atoms with E-state index in [1.165, 1.54) is 0 Å². The van der Waals surface area contributed by atoms with Crippen LogP contribution in [-0.4, -0.2) is 23.5 Å². The second-order valence-electron chi connectivity index (χ2n) is 7.61. The lowest BCUT2D eigenvalue weighted by Gasteiger charge is -2.09. The van der Waals surface area contributed by atoms with Crippen LogP contribution < -0.4 is 4.72 Å². The molecule has 5 rings (SSSR count). The number of hydrogen-bond acceptors (Lipinski definition) is 4. The van der Waals surface area contributed by atoms with Gasteiger partial charge in [0.05, 0.1) is 27.5 Å². The van der Waals surface area contributed by atoms with Crippen LogP contribution in [0.5, 0.6) is 5.88 Å². The van der Waals surface area contributed by atoms with Crippen molar-refractivity contribution in [3.05, 3.63) is 88.4 Å². The predicted molar refractivity (Wildman–Crippen MR) is 133 cm³/mol. The van der Waals surface area contributed by atoms with Crippen molar-refractivity contribution in [1.29, 1.82) is 0 Å². The Hall–Kier alpha value is -3.26. The van der Waals surface area contributed by atoms with E-state index in [1.807, 2.05) is 24.3 Å². The first-order chi connectivity index (χ1) is 15.8. The van der Waals surface area contributed by atoms with E-state index in [0.717, 1.165) is 5.39 Å². The highest BCUT2D eigenvalue weighted by molar-refractivity contribution is 7.91. The molecule has 5 aromatic rings. The Kier molecular flexibility index (Phi) is 5.40. The lowest BCUT2D eigenvalue weighted by Crippen LogP contribution is -2.15. The Bertz CT molecular complexity index is 1630. The van der Waals surface area contributed by atoms with E-state index in [1.54, 1.807) is 48.5 Å². The van der Waals surface area contributed by atoms with Gasteiger partial charge in [-0.25, -0.2) is 13.4 Å². The van der Waals surface area contributed by atoms with Crippen molar-refractivity contribution >= 4 is 60.7 Å². The number of anilines is 1. The van der Waals surface area contributed by atoms with Gasteiger partial charge in [-0.2, -0.15) is 0 Å². The number of hydrogen-bond donors (Lipinski definition) is 3. The molecule has 0 atom stereocenters. The molecular weight excluding hydrogens is 481 g/mol. The first-order valence-corrected chi connectivity index (χ1v) is 12.4. The van der Waals surface area contributed by atoms with Crippen LogP contribution in [0.3, 0.4) is 0 Å². The Morgan fingerprint density at radius 2 is 1.76 bits per heavy atom. The number of para-hydroxylation sites is 1. The summed E-state index contributed by atoms with van der Waals surface area (Å²) < 4.78 is 28.0. The minimum atomic E-state index is -3.70. The molecule has 0 saturated carbocycles. The van der Waals surface area contributed by atoms with Gasteiger partial charge >= 0.3 is 0 Å². The van der Waals surface area contributed by atoms with Gasteiger partial charge in [-0.05, 0) is 48.0 Å². The van der Waals surface area contributed by atoms with Gasteiger partial charge in [0.15, 0.2) is 5.88 Å². The number of H-pyrrole nitrogens is 1. The van der Waals surface area contributed by atoms with Crippen LogP contribution >= 0.6 is 23.2 Å². The van der Waals surface area contributed by atoms with E-state index in [9.17, 15) is 13.5 Å². The van der Waals surface area contributed by atoms with Crippen molar-refractivity contribution in [2.45, 2.75) is 5.75 Å². The number of rotatable bonds is 5. The highest BCUT2D eigenvalue weighted by Gasteiger charge is 2.18. The molecule has 3 N–H and O–H groups in total. The van der Waals surface area contributed by atoms with Crippen LogP contribution in [0.15, 0.2) is 72.8 Å². The molecule has 9 heteroatoms. The zero-order valence-corrected chi connectivity index (χ0v) is 19.3. The summed E-state index contributed by atoms with van der Waals surface area (Å²) in [7, 11) is -3.70. The lowest BCUT2D eigenvalue weighted by molar-refractivity contribution is 0.460. The maximum Gasteiger partial charge on any atom is 0.236 e. The molecule has 6 nitrogen and oxygen atoms in total. The molecule has 0 saturated heterocycles. The lowest BCUT2D eigenvalue weighted by atomic mass is 10.1. The molecule has 166 valence electrons. The molecule has 2 aromatic heterocycles. The number of benzene rings is 3. The van der Waals surface area contributed by atoms with Crippen molar-refractivity contribution in [3.63, 3.8) is 0 Å². The zero-order chi connectivity index (χ0) is 23.2. The largest absolute Gasteiger partial charge is 0.494 e. The number of pyridine rings is 1. The highest BCUT2D eigenvalue weighted by atomic mass is 35.5. The number of fused-ring (bicyclic) bond motifs is 2. The third kappa shape index (κ3) is 4.35. The number of aromatic amines is 1. The minimum Gasteiger partial charge on any atom is -0.494 e. The Labute approximate surface area is 199 Å². The molecule has 0 bridgehead atoms. The molecular formula is C24H17Cl2N3O3S. The van der Waals surface area contributed by atoms with Gasteiger partial charge in [0.1, 0.15) is 0 Å². The van der Waals surface area contributed by atoms with Crippen molar-refractivity contribution < 1.29 is 13.5 Å². The molecule has 33 heavy (non-hydrogen) atoms. The molecule has 2 heterocycles. The van der Waals surface area contributed by atoms with Gasteiger partial charge in [-0.3, -0.25) is 4.72 Å². The van der Waals surface area contributed by atoms with Gasteiger partial charge in [-0.15, -0.1) is 0 Å². The number of sulfonamides is 1. The normalized spacial score (nSPS) is 11.8. The van der Waals surface area contributed by atoms with Gasteiger partial charge in [0.25, 0.3) is 0 Å². The monoisotopic (exact) mass is 497 g/mol. The molecule has 0 amide bonds. The highest BCUT2D eigenvalue weighted by Crippen LogP contribution is 2.39. The smallest absolute Gasteiger partial charge is 0.236 e. The standard InChI is InChI=1S/C24H17Cl2N3O3S/c25-15-5-3-4-14(10-15)13-33(31,32)29-16-8-9-21-18(11-16)23(24(30)28-21)22-12-19(26)17-6-1-2-7-20(17)27-22/h1-12,28-30H,13H2. The topological polar surface area (TPSA) is 95.1 Å². The van der Waals surface area contributed by atoms with E-state index in [4.69, 9.17) is 23.2 Å². The van der Waals surface area contributed by atoms with E-state index in [-0.39, 0.29) is 11.6 Å². The summed E-state index contributed by atoms with van der Waals surface area (Å²) in [6, 6.07) is 20.8. The maximum atomic E-state index is 12.7. The predicted octanol–water partition coefficient (Wildman–Crippen LogP) is 6.34. The van der Waals surface area contributed by atoms with Crippen LogP contribution in [0.4, 0.5) is 5.69 Å². The van der Waals surface area contributed by atoms with E-state index in [2.05, 4.69) is 14.7 Å². The summed E-state index contributed by atoms with van der Waals surface area (Å²) in [5.74, 6) is -0.304. The molecule has 0 spiro atoms. The number of nitrogens with one attached hydrogen (secondary N) is 2. The van der Waals surface area contributed by atoms with Crippen LogP contribution in [0.25, 0.3) is 33.1 Å². The Morgan fingerprint density at radius 3 is 2.58 bits per heavy atom. The van der Waals surface area contributed by atoms with Gasteiger partial charge in [-0.1, -0.05) is 53.5 Å². The second kappa shape index (κ2) is 8.26. The fourth-order valence-corrected chi connectivity index (χ4v) is 5.48. The minimum absolute atomic E-state index is 0.0808. The van der Waals surface area contributed by atoms with Crippen molar-refractivity contribution in [3.8, 4) is 17.1 Å². The van der Waals surface area contributed by atoms with Crippen LogP contribution in [0.2, 0.25) is 10.0 Å². The summed E-state index contributed by atoms with van der Waals surface area (Å²) >= 11 is 12.4. The van der Waals surface area contributed by atoms with E-state index in [0.29, 0.717) is 49.0 Å². The summed E-state index contributed by atoms with van der Waals surface area (Å²) in [6.07, 6.45) is 0. The molecule has 0 radical (unpaired) electrons. The van der Waals surface area contributed by atoms with E-state index < -0.39 is 10.0 Å². The molecule has 3 aromatic carbocycles. The first-order valence-electron chi connectivity index (χ1n) is 9.94. The van der Waals surface area contributed by atoms with Crippen LogP contribution in [0.1, 0.15) is 5.56 Å². The molecule has 0 unspecified atom stereocenters. The van der Waals surface area contributed by atoms with E-state index >= 15 is 0 Å². The van der Waals surface area contributed by atoms with Gasteiger partial charge < -0.3 is 10.1 Å². The Balaban J connectivity index is 1.54. The zero-order valence-electron chi connectivity index (χ0n) is 17.0. The summed E-state index contributed by atoms with van der Waals surface area (Å²) in [4.78, 5) is 7.55. The van der Waals surface area contributed by atoms with Crippen LogP contribution in [-0.2, 0) is 15.8 Å². The van der Waals surface area contributed by atoms with Gasteiger partial charge in [0.2, 0.25) is 10.0 Å². The molecule has 0 aliphatic rings. The molecule has 0 fully saturated rings. The molecule has 0 aliphatic carbocycles. The molecule has 0 aliphatic heterocycles. The van der Waals surface area contributed by atoms with Gasteiger partial charge in [0, 0.05) is 27.0 Å². The number of halogens is 2. The average Bonchev–Trinajstić information content (AvgIpc) is 3.08. The number of aromatic nitrogens is 2. The maximum absolute atomic E-state index is 12.7. The average molecular weight is 498 g/mol. The fraction of sp³-hybridized carbons (Fsp3) is 0.0417. The summed E-state index contributed by atoms with van der Waals surface area (Å²) in [5.41, 5.74) is 3.16.